The SMILES string of the molecule is CC(C)NC(=O)COc1ccc(S(=O)(=O)N[C@H](C)c2ccccc2)cc1. The number of sulfonamides is 1. The lowest BCUT2D eigenvalue weighted by Crippen LogP contribution is -2.34. The van der Waals surface area contributed by atoms with Crippen LogP contribution in [0.2, 0.25) is 0 Å². The Hall–Kier alpha value is -2.38. The molecule has 2 aromatic carbocycles. The van der Waals surface area contributed by atoms with E-state index >= 15 is 0 Å². The van der Waals surface area contributed by atoms with Gasteiger partial charge in [0.2, 0.25) is 10.0 Å². The Bertz CT molecular complexity index is 818. The quantitative estimate of drug-likeness (QED) is 0.742. The second-order valence-corrected chi connectivity index (χ2v) is 7.95. The Morgan fingerprint density at radius 1 is 1.00 bits per heavy atom. The van der Waals surface area contributed by atoms with Crippen molar-refractivity contribution in [2.75, 3.05) is 6.61 Å². The van der Waals surface area contributed by atoms with E-state index in [4.69, 9.17) is 4.74 Å². The van der Waals surface area contributed by atoms with Crippen LogP contribution in [0.1, 0.15) is 32.4 Å². The van der Waals surface area contributed by atoms with E-state index < -0.39 is 10.0 Å². The number of benzene rings is 2. The van der Waals surface area contributed by atoms with Gasteiger partial charge in [0, 0.05) is 12.1 Å². The van der Waals surface area contributed by atoms with Gasteiger partial charge < -0.3 is 10.1 Å². The highest BCUT2D eigenvalue weighted by Gasteiger charge is 2.18. The van der Waals surface area contributed by atoms with Crippen LogP contribution in [0.5, 0.6) is 5.75 Å². The fraction of sp³-hybridized carbons (Fsp3) is 0.316. The average molecular weight is 376 g/mol. The van der Waals surface area contributed by atoms with Gasteiger partial charge in [-0.2, -0.15) is 0 Å². The molecule has 0 saturated carbocycles. The van der Waals surface area contributed by atoms with E-state index in [2.05, 4.69) is 10.0 Å². The summed E-state index contributed by atoms with van der Waals surface area (Å²) in [5.41, 5.74) is 0.882. The molecule has 2 aromatic rings. The van der Waals surface area contributed by atoms with Crippen molar-refractivity contribution in [3.63, 3.8) is 0 Å². The Labute approximate surface area is 154 Å². The number of ether oxygens (including phenoxy) is 1. The van der Waals surface area contributed by atoms with Crippen molar-refractivity contribution in [3.05, 3.63) is 60.2 Å². The fourth-order valence-electron chi connectivity index (χ4n) is 2.34. The molecule has 0 aliphatic rings. The molecule has 2 N–H and O–H groups in total. The molecule has 2 rings (SSSR count). The molecular weight excluding hydrogens is 352 g/mol. The summed E-state index contributed by atoms with van der Waals surface area (Å²) in [6, 6.07) is 15.0. The number of carbonyl (C=O) groups is 1. The molecule has 6 nitrogen and oxygen atoms in total. The van der Waals surface area contributed by atoms with Crippen molar-refractivity contribution >= 4 is 15.9 Å². The van der Waals surface area contributed by atoms with Gasteiger partial charge in [0.1, 0.15) is 5.75 Å². The first kappa shape index (κ1) is 19.9. The lowest BCUT2D eigenvalue weighted by Gasteiger charge is -2.15. The number of nitrogens with one attached hydrogen (secondary N) is 2. The van der Waals surface area contributed by atoms with Gasteiger partial charge >= 0.3 is 0 Å². The number of rotatable bonds is 8. The van der Waals surface area contributed by atoms with Crippen molar-refractivity contribution in [2.24, 2.45) is 0 Å². The van der Waals surface area contributed by atoms with Crippen molar-refractivity contribution in [3.8, 4) is 5.75 Å². The Kier molecular flexibility index (Phi) is 6.76. The summed E-state index contributed by atoms with van der Waals surface area (Å²) in [5.74, 6) is 0.203. The number of amides is 1. The summed E-state index contributed by atoms with van der Waals surface area (Å²) in [7, 11) is -3.66. The molecule has 0 fully saturated rings. The van der Waals surface area contributed by atoms with E-state index in [1.54, 1.807) is 6.92 Å². The molecule has 0 saturated heterocycles. The fourth-order valence-corrected chi connectivity index (χ4v) is 3.57. The second kappa shape index (κ2) is 8.82. The molecule has 0 aliphatic carbocycles. The van der Waals surface area contributed by atoms with Crippen molar-refractivity contribution < 1.29 is 17.9 Å². The third-order valence-corrected chi connectivity index (χ3v) is 5.14. The molecule has 26 heavy (non-hydrogen) atoms. The summed E-state index contributed by atoms with van der Waals surface area (Å²) in [5, 5.41) is 2.72. The maximum Gasteiger partial charge on any atom is 0.258 e. The summed E-state index contributed by atoms with van der Waals surface area (Å²) in [4.78, 5) is 11.7. The van der Waals surface area contributed by atoms with Gasteiger partial charge in [0.25, 0.3) is 5.91 Å². The van der Waals surface area contributed by atoms with Crippen LogP contribution < -0.4 is 14.8 Å². The Morgan fingerprint density at radius 3 is 2.19 bits per heavy atom. The molecular formula is C19H24N2O4S. The van der Waals surface area contributed by atoms with Crippen LogP contribution >= 0.6 is 0 Å². The van der Waals surface area contributed by atoms with Crippen LogP contribution in [0.15, 0.2) is 59.5 Å². The van der Waals surface area contributed by atoms with Crippen LogP contribution in [-0.2, 0) is 14.8 Å². The predicted octanol–water partition coefficient (Wildman–Crippen LogP) is 2.63. The molecule has 7 heteroatoms. The Balaban J connectivity index is 1.99. The number of carbonyl (C=O) groups excluding carboxylic acids is 1. The summed E-state index contributed by atoms with van der Waals surface area (Å²) in [6.45, 7) is 5.40. The molecule has 0 unspecified atom stereocenters. The van der Waals surface area contributed by atoms with Crippen LogP contribution in [0.25, 0.3) is 0 Å². The van der Waals surface area contributed by atoms with Gasteiger partial charge in [0.15, 0.2) is 6.61 Å². The van der Waals surface area contributed by atoms with Crippen molar-refractivity contribution in [1.29, 1.82) is 0 Å². The topological polar surface area (TPSA) is 84.5 Å². The molecule has 0 spiro atoms. The minimum Gasteiger partial charge on any atom is -0.484 e. The predicted molar refractivity (Wildman–Crippen MR) is 100 cm³/mol. The van der Waals surface area contributed by atoms with Crippen LogP contribution in [0, 0.1) is 0 Å². The Morgan fingerprint density at radius 2 is 1.62 bits per heavy atom. The summed E-state index contributed by atoms with van der Waals surface area (Å²) in [6.07, 6.45) is 0. The van der Waals surface area contributed by atoms with Gasteiger partial charge in [0.05, 0.1) is 4.90 Å². The van der Waals surface area contributed by atoms with Gasteiger partial charge in [-0.3, -0.25) is 4.79 Å². The van der Waals surface area contributed by atoms with E-state index in [9.17, 15) is 13.2 Å². The molecule has 0 bridgehead atoms. The van der Waals surface area contributed by atoms with E-state index in [1.807, 2.05) is 44.2 Å². The minimum atomic E-state index is -3.66. The molecule has 0 aliphatic heterocycles. The average Bonchev–Trinajstić information content (AvgIpc) is 2.60. The normalized spacial score (nSPS) is 12.6. The van der Waals surface area contributed by atoms with Gasteiger partial charge in [-0.1, -0.05) is 30.3 Å². The first-order chi connectivity index (χ1) is 12.3. The van der Waals surface area contributed by atoms with Crippen molar-refractivity contribution in [1.82, 2.24) is 10.0 Å². The summed E-state index contributed by atoms with van der Waals surface area (Å²) >= 11 is 0. The number of hydrogen-bond donors (Lipinski definition) is 2. The lowest BCUT2D eigenvalue weighted by atomic mass is 10.1. The van der Waals surface area contributed by atoms with Crippen molar-refractivity contribution in [2.45, 2.75) is 37.8 Å². The monoisotopic (exact) mass is 376 g/mol. The molecule has 0 heterocycles. The third kappa shape index (κ3) is 5.86. The second-order valence-electron chi connectivity index (χ2n) is 6.24. The van der Waals surface area contributed by atoms with E-state index in [1.165, 1.54) is 24.3 Å². The highest BCUT2D eigenvalue weighted by Crippen LogP contribution is 2.19. The third-order valence-electron chi connectivity index (χ3n) is 3.59. The zero-order valence-electron chi connectivity index (χ0n) is 15.1. The highest BCUT2D eigenvalue weighted by molar-refractivity contribution is 7.89. The molecule has 0 aromatic heterocycles. The smallest absolute Gasteiger partial charge is 0.258 e. The van der Waals surface area contributed by atoms with E-state index in [0.29, 0.717) is 5.75 Å². The largest absolute Gasteiger partial charge is 0.484 e. The molecule has 0 radical (unpaired) electrons. The molecule has 1 amide bonds. The lowest BCUT2D eigenvalue weighted by molar-refractivity contribution is -0.123. The van der Waals surface area contributed by atoms with Gasteiger partial charge in [-0.25, -0.2) is 13.1 Å². The highest BCUT2D eigenvalue weighted by atomic mass is 32.2. The van der Waals surface area contributed by atoms with Gasteiger partial charge in [-0.15, -0.1) is 0 Å². The van der Waals surface area contributed by atoms with Crippen LogP contribution in [0.3, 0.4) is 0 Å². The van der Waals surface area contributed by atoms with E-state index in [0.717, 1.165) is 5.56 Å². The van der Waals surface area contributed by atoms with Crippen LogP contribution in [-0.4, -0.2) is 27.0 Å². The molecule has 140 valence electrons. The first-order valence-corrected chi connectivity index (χ1v) is 9.86. The van der Waals surface area contributed by atoms with Gasteiger partial charge in [-0.05, 0) is 50.6 Å². The maximum absolute atomic E-state index is 12.5. The standard InChI is InChI=1S/C19H24N2O4S/c1-14(2)20-19(22)13-25-17-9-11-18(12-10-17)26(23,24)21-15(3)16-7-5-4-6-8-16/h4-12,14-15,21H,13H2,1-3H3,(H,20,22)/t15-/m1/s1. The molecule has 1 atom stereocenters. The van der Waals surface area contributed by atoms with E-state index in [-0.39, 0.29) is 29.5 Å². The summed E-state index contributed by atoms with van der Waals surface area (Å²) < 4.78 is 33.0. The zero-order chi connectivity index (χ0) is 19.2. The maximum atomic E-state index is 12.5. The minimum absolute atomic E-state index is 0.0382. The zero-order valence-corrected chi connectivity index (χ0v) is 15.9. The number of hydrogen-bond acceptors (Lipinski definition) is 4. The van der Waals surface area contributed by atoms with Crippen LogP contribution in [0.4, 0.5) is 0 Å². The first-order valence-electron chi connectivity index (χ1n) is 8.37.